The van der Waals surface area contributed by atoms with Crippen LogP contribution in [-0.4, -0.2) is 4.98 Å². The molecule has 1 aromatic heterocycles. The number of anilines is 1. The zero-order chi connectivity index (χ0) is 13.4. The normalized spacial score (nSPS) is 11.1. The van der Waals surface area contributed by atoms with Crippen LogP contribution in [0.5, 0.6) is 0 Å². The van der Waals surface area contributed by atoms with Gasteiger partial charge in [-0.05, 0) is 17.7 Å². The molecular weight excluding hydrogens is 250 g/mol. The van der Waals surface area contributed by atoms with Crippen LogP contribution < -0.4 is 5.73 Å². The molecule has 0 unspecified atom stereocenters. The molecule has 0 amide bonds. The minimum absolute atomic E-state index is 0.216. The van der Waals surface area contributed by atoms with Crippen molar-refractivity contribution in [2.45, 2.75) is 6.42 Å². The first-order valence-corrected chi connectivity index (χ1v) is 5.71. The van der Waals surface area contributed by atoms with Crippen molar-refractivity contribution in [1.29, 1.82) is 0 Å². The van der Waals surface area contributed by atoms with E-state index in [1.807, 2.05) is 0 Å². The zero-order valence-electron chi connectivity index (χ0n) is 9.86. The number of halogens is 2. The fraction of sp³-hybridized carbons (Fsp3) is 0.0714. The van der Waals surface area contributed by atoms with Gasteiger partial charge in [0.2, 0.25) is 0 Å². The average Bonchev–Trinajstić information content (AvgIpc) is 2.75. The summed E-state index contributed by atoms with van der Waals surface area (Å²) in [5.74, 6) is -0.335. The van der Waals surface area contributed by atoms with E-state index < -0.39 is 5.82 Å². The SMILES string of the molecule is Nc1cc(F)cc2nc(Cc3ccc(F)cc3)oc12. The third kappa shape index (κ3) is 2.27. The number of nitrogens with two attached hydrogens (primary N) is 1. The number of nitrogen functional groups attached to an aromatic ring is 1. The lowest BCUT2D eigenvalue weighted by Gasteiger charge is -1.96. The van der Waals surface area contributed by atoms with Crippen LogP contribution in [0, 0.1) is 11.6 Å². The molecule has 3 nitrogen and oxygen atoms in total. The van der Waals surface area contributed by atoms with Gasteiger partial charge in [0.25, 0.3) is 0 Å². The van der Waals surface area contributed by atoms with Crippen molar-refractivity contribution in [3.8, 4) is 0 Å². The number of hydrogen-bond acceptors (Lipinski definition) is 3. The summed E-state index contributed by atoms with van der Waals surface area (Å²) < 4.78 is 31.5. The summed E-state index contributed by atoms with van der Waals surface area (Å²) >= 11 is 0. The number of nitrogens with zero attached hydrogens (tertiary/aromatic N) is 1. The second-order valence-electron chi connectivity index (χ2n) is 4.25. The molecule has 3 aromatic rings. The molecule has 5 heteroatoms. The largest absolute Gasteiger partial charge is 0.438 e. The van der Waals surface area contributed by atoms with Gasteiger partial charge in [0.1, 0.15) is 17.2 Å². The van der Waals surface area contributed by atoms with Crippen molar-refractivity contribution in [2.75, 3.05) is 5.73 Å². The van der Waals surface area contributed by atoms with Crippen molar-refractivity contribution in [1.82, 2.24) is 4.98 Å². The third-order valence-corrected chi connectivity index (χ3v) is 2.80. The summed E-state index contributed by atoms with van der Waals surface area (Å²) in [6, 6.07) is 8.48. The third-order valence-electron chi connectivity index (χ3n) is 2.80. The molecule has 0 atom stereocenters. The van der Waals surface area contributed by atoms with Gasteiger partial charge in [-0.15, -0.1) is 0 Å². The summed E-state index contributed by atoms with van der Waals surface area (Å²) in [5, 5.41) is 0. The maximum absolute atomic E-state index is 13.2. The highest BCUT2D eigenvalue weighted by molar-refractivity contribution is 5.84. The van der Waals surface area contributed by atoms with E-state index >= 15 is 0 Å². The van der Waals surface area contributed by atoms with E-state index in [-0.39, 0.29) is 11.5 Å². The van der Waals surface area contributed by atoms with E-state index in [0.29, 0.717) is 23.4 Å². The Hall–Kier alpha value is -2.43. The molecule has 0 bridgehead atoms. The van der Waals surface area contributed by atoms with E-state index in [1.54, 1.807) is 12.1 Å². The first-order chi connectivity index (χ1) is 9.11. The minimum Gasteiger partial charge on any atom is -0.438 e. The quantitative estimate of drug-likeness (QED) is 0.719. The highest BCUT2D eigenvalue weighted by Crippen LogP contribution is 2.24. The van der Waals surface area contributed by atoms with Crippen molar-refractivity contribution in [3.63, 3.8) is 0 Å². The fourth-order valence-electron chi connectivity index (χ4n) is 1.92. The van der Waals surface area contributed by atoms with Crippen molar-refractivity contribution >= 4 is 16.8 Å². The molecule has 0 saturated heterocycles. The molecule has 0 aliphatic rings. The number of oxazole rings is 1. The Kier molecular flexibility index (Phi) is 2.67. The molecule has 19 heavy (non-hydrogen) atoms. The summed E-state index contributed by atoms with van der Waals surface area (Å²) in [7, 11) is 0. The summed E-state index contributed by atoms with van der Waals surface area (Å²) in [6.45, 7) is 0. The minimum atomic E-state index is -0.452. The Labute approximate surface area is 107 Å². The van der Waals surface area contributed by atoms with Gasteiger partial charge in [0.15, 0.2) is 11.5 Å². The van der Waals surface area contributed by atoms with Gasteiger partial charge in [-0.25, -0.2) is 13.8 Å². The van der Waals surface area contributed by atoms with Gasteiger partial charge in [-0.2, -0.15) is 0 Å². The van der Waals surface area contributed by atoms with E-state index in [2.05, 4.69) is 4.98 Å². The maximum atomic E-state index is 13.2. The Morgan fingerprint density at radius 2 is 1.79 bits per heavy atom. The van der Waals surface area contributed by atoms with E-state index in [4.69, 9.17) is 10.2 Å². The number of benzene rings is 2. The van der Waals surface area contributed by atoms with Gasteiger partial charge in [0.05, 0.1) is 5.69 Å². The molecule has 3 rings (SSSR count). The second kappa shape index (κ2) is 4.35. The number of fused-ring (bicyclic) bond motifs is 1. The molecule has 0 aliphatic heterocycles. The lowest BCUT2D eigenvalue weighted by Crippen LogP contribution is -1.88. The molecule has 2 aromatic carbocycles. The van der Waals surface area contributed by atoms with Crippen LogP contribution in [0.4, 0.5) is 14.5 Å². The van der Waals surface area contributed by atoms with Crippen molar-refractivity contribution in [3.05, 3.63) is 59.5 Å². The first-order valence-electron chi connectivity index (χ1n) is 5.71. The summed E-state index contributed by atoms with van der Waals surface area (Å²) in [4.78, 5) is 4.17. The Morgan fingerprint density at radius 3 is 2.53 bits per heavy atom. The van der Waals surface area contributed by atoms with Crippen LogP contribution in [0.3, 0.4) is 0 Å². The van der Waals surface area contributed by atoms with Crippen LogP contribution >= 0.6 is 0 Å². The van der Waals surface area contributed by atoms with Crippen LogP contribution in [0.1, 0.15) is 11.5 Å². The summed E-state index contributed by atoms with van der Waals surface area (Å²) in [5.41, 5.74) is 7.49. The lowest BCUT2D eigenvalue weighted by molar-refractivity contribution is 0.544. The number of hydrogen-bond donors (Lipinski definition) is 1. The molecule has 0 aliphatic carbocycles. The van der Waals surface area contributed by atoms with E-state index in [9.17, 15) is 8.78 Å². The Bertz CT molecular complexity index is 735. The van der Waals surface area contributed by atoms with Crippen LogP contribution in [0.25, 0.3) is 11.1 Å². The molecule has 0 spiro atoms. The smallest absolute Gasteiger partial charge is 0.200 e. The first kappa shape index (κ1) is 11.6. The van der Waals surface area contributed by atoms with E-state index in [0.717, 1.165) is 5.56 Å². The molecular formula is C14H10F2N2O. The Balaban J connectivity index is 1.97. The standard InChI is InChI=1S/C14H10F2N2O/c15-9-3-1-8(2-4-9)5-13-18-12-7-10(16)6-11(17)14(12)19-13/h1-4,6-7H,5,17H2. The lowest BCUT2D eigenvalue weighted by atomic mass is 10.1. The molecule has 2 N–H and O–H groups in total. The van der Waals surface area contributed by atoms with Crippen LogP contribution in [-0.2, 0) is 6.42 Å². The molecule has 96 valence electrons. The topological polar surface area (TPSA) is 52.0 Å². The molecule has 1 heterocycles. The second-order valence-corrected chi connectivity index (χ2v) is 4.25. The molecule has 0 radical (unpaired) electrons. The Morgan fingerprint density at radius 1 is 1.05 bits per heavy atom. The number of aromatic nitrogens is 1. The predicted octanol–water partition coefficient (Wildman–Crippen LogP) is 3.28. The van der Waals surface area contributed by atoms with Crippen molar-refractivity contribution in [2.24, 2.45) is 0 Å². The summed E-state index contributed by atoms with van der Waals surface area (Å²) in [6.07, 6.45) is 0.399. The van der Waals surface area contributed by atoms with E-state index in [1.165, 1.54) is 24.3 Å². The van der Waals surface area contributed by atoms with Crippen LogP contribution in [0.2, 0.25) is 0 Å². The zero-order valence-corrected chi connectivity index (χ0v) is 9.86. The highest BCUT2D eigenvalue weighted by atomic mass is 19.1. The van der Waals surface area contributed by atoms with Gasteiger partial charge in [-0.3, -0.25) is 0 Å². The van der Waals surface area contributed by atoms with Crippen molar-refractivity contribution < 1.29 is 13.2 Å². The van der Waals surface area contributed by atoms with Gasteiger partial charge in [-0.1, -0.05) is 12.1 Å². The van der Waals surface area contributed by atoms with Gasteiger partial charge in [0, 0.05) is 18.6 Å². The van der Waals surface area contributed by atoms with Gasteiger partial charge < -0.3 is 10.2 Å². The predicted molar refractivity (Wildman–Crippen MR) is 67.6 cm³/mol. The van der Waals surface area contributed by atoms with Crippen LogP contribution in [0.15, 0.2) is 40.8 Å². The van der Waals surface area contributed by atoms with Gasteiger partial charge >= 0.3 is 0 Å². The highest BCUT2D eigenvalue weighted by Gasteiger charge is 2.11. The molecule has 0 saturated carbocycles. The fourth-order valence-corrected chi connectivity index (χ4v) is 1.92. The number of rotatable bonds is 2. The monoisotopic (exact) mass is 260 g/mol. The molecule has 0 fully saturated rings. The maximum Gasteiger partial charge on any atom is 0.200 e. The average molecular weight is 260 g/mol.